The molecule has 2 aliphatic rings. The lowest BCUT2D eigenvalue weighted by molar-refractivity contribution is -0.125. The van der Waals surface area contributed by atoms with Gasteiger partial charge in [-0.15, -0.1) is 0 Å². The number of nitrogens with one attached hydrogen (secondary N) is 1. The van der Waals surface area contributed by atoms with Gasteiger partial charge in [0.25, 0.3) is 0 Å². The fourth-order valence-electron chi connectivity index (χ4n) is 4.36. The van der Waals surface area contributed by atoms with Crippen molar-refractivity contribution >= 4 is 5.91 Å². The van der Waals surface area contributed by atoms with Crippen LogP contribution >= 0.6 is 0 Å². The molecule has 2 aromatic rings. The molecular weight excluding hydrogens is 398 g/mol. The van der Waals surface area contributed by atoms with Crippen LogP contribution in [0.25, 0.3) is 0 Å². The molecule has 0 spiro atoms. The van der Waals surface area contributed by atoms with Crippen LogP contribution in [0.3, 0.4) is 0 Å². The lowest BCUT2D eigenvalue weighted by Gasteiger charge is -2.32. The van der Waals surface area contributed by atoms with Gasteiger partial charge in [0, 0.05) is 20.1 Å². The van der Waals surface area contributed by atoms with Crippen molar-refractivity contribution in [3.8, 4) is 5.75 Å². The van der Waals surface area contributed by atoms with Gasteiger partial charge in [-0.1, -0.05) is 12.1 Å². The highest BCUT2D eigenvalue weighted by Crippen LogP contribution is 2.23. The molecule has 9 heteroatoms. The summed E-state index contributed by atoms with van der Waals surface area (Å²) in [6, 6.07) is 8.20. The van der Waals surface area contributed by atoms with Crippen LogP contribution in [0.2, 0.25) is 0 Å². The molecule has 168 valence electrons. The number of benzene rings is 1. The number of hydrogen-bond acceptors (Lipinski definition) is 6. The minimum Gasteiger partial charge on any atom is -0.497 e. The summed E-state index contributed by atoms with van der Waals surface area (Å²) in [6.07, 6.45) is 1.84. The molecule has 1 fully saturated rings. The van der Waals surface area contributed by atoms with E-state index in [-0.39, 0.29) is 18.0 Å². The molecule has 1 saturated heterocycles. The van der Waals surface area contributed by atoms with E-state index in [1.54, 1.807) is 18.7 Å². The zero-order valence-electron chi connectivity index (χ0n) is 18.2. The summed E-state index contributed by atoms with van der Waals surface area (Å²) in [5, 5.41) is 7.29. The molecule has 2 aliphatic heterocycles. The van der Waals surface area contributed by atoms with Gasteiger partial charge >= 0.3 is 5.69 Å². The molecule has 1 atom stereocenters. The van der Waals surface area contributed by atoms with Gasteiger partial charge in [0.1, 0.15) is 11.9 Å². The summed E-state index contributed by atoms with van der Waals surface area (Å²) in [5.74, 6) is 1.85. The van der Waals surface area contributed by atoms with Crippen LogP contribution in [-0.4, -0.2) is 58.5 Å². The number of piperidine rings is 1. The molecule has 1 amide bonds. The van der Waals surface area contributed by atoms with Crippen molar-refractivity contribution in [2.75, 3.05) is 33.4 Å². The number of ether oxygens (including phenoxy) is 2. The van der Waals surface area contributed by atoms with Crippen molar-refractivity contribution in [1.82, 2.24) is 24.6 Å². The Labute approximate surface area is 181 Å². The normalized spacial score (nSPS) is 19.7. The second-order valence-corrected chi connectivity index (χ2v) is 8.35. The lowest BCUT2D eigenvalue weighted by Crippen LogP contribution is -2.39. The summed E-state index contributed by atoms with van der Waals surface area (Å²) >= 11 is 0. The standard InChI is InChI=1S/C22H31N5O4/c1-25-22(29)27-10-11-31-19(21(27)24-25)13-20(28)23-14-16-6-8-26(9-7-16)15-17-4-3-5-18(12-17)30-2/h3-5,12,16,19H,6-11,13-15H2,1-2H3,(H,23,28). The van der Waals surface area contributed by atoms with E-state index in [1.165, 1.54) is 10.2 Å². The van der Waals surface area contributed by atoms with Crippen molar-refractivity contribution in [1.29, 1.82) is 0 Å². The van der Waals surface area contributed by atoms with E-state index in [0.29, 0.717) is 31.4 Å². The largest absolute Gasteiger partial charge is 0.497 e. The fraction of sp³-hybridized carbons (Fsp3) is 0.591. The number of aromatic nitrogens is 3. The average molecular weight is 430 g/mol. The highest BCUT2D eigenvalue weighted by Gasteiger charge is 2.28. The minimum absolute atomic E-state index is 0.0598. The van der Waals surface area contributed by atoms with Gasteiger partial charge in [-0.05, 0) is 49.5 Å². The molecule has 0 aliphatic carbocycles. The second kappa shape index (κ2) is 9.65. The fourth-order valence-corrected chi connectivity index (χ4v) is 4.36. The Morgan fingerprint density at radius 2 is 2.10 bits per heavy atom. The lowest BCUT2D eigenvalue weighted by atomic mass is 9.96. The van der Waals surface area contributed by atoms with Crippen LogP contribution in [0.4, 0.5) is 0 Å². The first-order chi connectivity index (χ1) is 15.0. The van der Waals surface area contributed by atoms with E-state index in [2.05, 4.69) is 27.4 Å². The van der Waals surface area contributed by atoms with E-state index in [9.17, 15) is 9.59 Å². The molecule has 3 heterocycles. The smallest absolute Gasteiger partial charge is 0.345 e. The Hall–Kier alpha value is -2.65. The van der Waals surface area contributed by atoms with E-state index in [4.69, 9.17) is 9.47 Å². The molecule has 0 saturated carbocycles. The van der Waals surface area contributed by atoms with Gasteiger partial charge in [0.15, 0.2) is 5.82 Å². The maximum Gasteiger partial charge on any atom is 0.345 e. The molecule has 1 N–H and O–H groups in total. The minimum atomic E-state index is -0.465. The molecular formula is C22H31N5O4. The first-order valence-corrected chi connectivity index (χ1v) is 10.9. The summed E-state index contributed by atoms with van der Waals surface area (Å²) in [5.41, 5.74) is 1.09. The number of rotatable bonds is 7. The third-order valence-corrected chi connectivity index (χ3v) is 6.16. The van der Waals surface area contributed by atoms with Gasteiger partial charge in [0.05, 0.1) is 26.7 Å². The summed E-state index contributed by atoms with van der Waals surface area (Å²) in [6.45, 7) is 4.53. The highest BCUT2D eigenvalue weighted by molar-refractivity contribution is 5.76. The van der Waals surface area contributed by atoms with Crippen molar-refractivity contribution in [3.05, 3.63) is 46.1 Å². The molecule has 9 nitrogen and oxygen atoms in total. The summed E-state index contributed by atoms with van der Waals surface area (Å²) in [7, 11) is 3.31. The van der Waals surface area contributed by atoms with Crippen LogP contribution in [-0.2, 0) is 29.7 Å². The van der Waals surface area contributed by atoms with Crippen LogP contribution in [0.15, 0.2) is 29.1 Å². The molecule has 0 radical (unpaired) electrons. The number of carbonyl (C=O) groups excluding carboxylic acids is 1. The number of likely N-dealkylation sites (tertiary alicyclic amines) is 1. The number of hydrogen-bond donors (Lipinski definition) is 1. The maximum atomic E-state index is 12.5. The van der Waals surface area contributed by atoms with Crippen LogP contribution in [0, 0.1) is 5.92 Å². The van der Waals surface area contributed by atoms with E-state index < -0.39 is 6.10 Å². The molecule has 1 aromatic carbocycles. The first-order valence-electron chi connectivity index (χ1n) is 10.9. The van der Waals surface area contributed by atoms with Gasteiger partial charge in [-0.2, -0.15) is 5.10 Å². The molecule has 1 aromatic heterocycles. The summed E-state index contributed by atoms with van der Waals surface area (Å²) < 4.78 is 13.9. The molecule has 1 unspecified atom stereocenters. The Kier molecular flexibility index (Phi) is 6.72. The monoisotopic (exact) mass is 429 g/mol. The number of nitrogens with zero attached hydrogens (tertiary/aromatic N) is 4. The van der Waals surface area contributed by atoms with Crippen molar-refractivity contribution in [2.45, 2.75) is 38.5 Å². The van der Waals surface area contributed by atoms with Gasteiger partial charge in [-0.25, -0.2) is 9.48 Å². The van der Waals surface area contributed by atoms with Gasteiger partial charge < -0.3 is 14.8 Å². The van der Waals surface area contributed by atoms with Crippen LogP contribution < -0.4 is 15.7 Å². The van der Waals surface area contributed by atoms with Crippen LogP contribution in [0.5, 0.6) is 5.75 Å². The zero-order valence-corrected chi connectivity index (χ0v) is 18.2. The summed E-state index contributed by atoms with van der Waals surface area (Å²) in [4.78, 5) is 27.0. The topological polar surface area (TPSA) is 90.6 Å². The van der Waals surface area contributed by atoms with Crippen molar-refractivity contribution in [3.63, 3.8) is 0 Å². The molecule has 4 rings (SSSR count). The highest BCUT2D eigenvalue weighted by atomic mass is 16.5. The number of fused-ring (bicyclic) bond motifs is 1. The third kappa shape index (κ3) is 5.16. The van der Waals surface area contributed by atoms with Crippen molar-refractivity contribution in [2.24, 2.45) is 13.0 Å². The zero-order chi connectivity index (χ0) is 21.8. The number of methoxy groups -OCH3 is 1. The number of aryl methyl sites for hydroxylation is 1. The third-order valence-electron chi connectivity index (χ3n) is 6.16. The number of amides is 1. The van der Waals surface area contributed by atoms with Gasteiger partial charge in [-0.3, -0.25) is 14.3 Å². The van der Waals surface area contributed by atoms with Crippen molar-refractivity contribution < 1.29 is 14.3 Å². The number of carbonyl (C=O) groups is 1. The van der Waals surface area contributed by atoms with Gasteiger partial charge in [0.2, 0.25) is 5.91 Å². The predicted octanol–water partition coefficient (Wildman–Crippen LogP) is 1.08. The van der Waals surface area contributed by atoms with E-state index in [1.807, 2.05) is 12.1 Å². The molecule has 0 bridgehead atoms. The second-order valence-electron chi connectivity index (χ2n) is 8.35. The quantitative estimate of drug-likeness (QED) is 0.708. The Balaban J connectivity index is 1.21. The Morgan fingerprint density at radius 3 is 2.87 bits per heavy atom. The van der Waals surface area contributed by atoms with E-state index >= 15 is 0 Å². The SMILES string of the molecule is COc1cccc(CN2CCC(CNC(=O)CC3OCCn4c3nn(C)c4=O)CC2)c1. The molecule has 31 heavy (non-hydrogen) atoms. The maximum absolute atomic E-state index is 12.5. The first kappa shape index (κ1) is 21.6. The van der Waals surface area contributed by atoms with E-state index in [0.717, 1.165) is 38.2 Å². The Bertz CT molecular complexity index is 961. The average Bonchev–Trinajstić information content (AvgIpc) is 3.08. The Morgan fingerprint density at radius 1 is 1.29 bits per heavy atom. The predicted molar refractivity (Wildman–Crippen MR) is 115 cm³/mol. The van der Waals surface area contributed by atoms with Crippen LogP contribution in [0.1, 0.15) is 36.8 Å².